The molecule has 6 heteroatoms. The van der Waals surface area contributed by atoms with Crippen molar-refractivity contribution in [1.29, 1.82) is 0 Å². The molecule has 0 spiro atoms. The standard InChI is InChI=1S/C17H38N4O.HI/c1-15(2)21(16(3)4)13-10-12-20-17(18-5)19-11-8-7-9-14-22-6;/h15-16H,7-14H2,1-6H3,(H2,18,19,20);1H. The SMILES string of the molecule is CN=C(NCCCCCOC)NCCCN(C(C)C)C(C)C.I. The van der Waals surface area contributed by atoms with Crippen LogP contribution in [0.25, 0.3) is 0 Å². The number of halogens is 1. The summed E-state index contributed by atoms with van der Waals surface area (Å²) in [6.07, 6.45) is 4.60. The molecule has 0 aliphatic carbocycles. The van der Waals surface area contributed by atoms with Crippen LogP contribution in [0.2, 0.25) is 0 Å². The van der Waals surface area contributed by atoms with Crippen LogP contribution in [-0.4, -0.2) is 63.3 Å². The number of hydrogen-bond acceptors (Lipinski definition) is 3. The highest BCUT2D eigenvalue weighted by atomic mass is 127. The first kappa shape index (κ1) is 25.2. The molecule has 0 heterocycles. The van der Waals surface area contributed by atoms with Crippen molar-refractivity contribution >= 4 is 29.9 Å². The Morgan fingerprint density at radius 2 is 1.52 bits per heavy atom. The van der Waals surface area contributed by atoms with Gasteiger partial charge in [-0.2, -0.15) is 0 Å². The molecule has 2 N–H and O–H groups in total. The topological polar surface area (TPSA) is 48.9 Å². The van der Waals surface area contributed by atoms with E-state index in [1.165, 1.54) is 6.42 Å². The van der Waals surface area contributed by atoms with Gasteiger partial charge in [-0.1, -0.05) is 0 Å². The zero-order valence-electron chi connectivity index (χ0n) is 16.0. The Hall–Kier alpha value is -0.0800. The minimum Gasteiger partial charge on any atom is -0.385 e. The first-order valence-corrected chi connectivity index (χ1v) is 8.72. The molecule has 0 atom stereocenters. The van der Waals surface area contributed by atoms with Crippen molar-refractivity contribution in [3.63, 3.8) is 0 Å². The summed E-state index contributed by atoms with van der Waals surface area (Å²) >= 11 is 0. The fourth-order valence-electron chi connectivity index (χ4n) is 2.56. The summed E-state index contributed by atoms with van der Waals surface area (Å²) in [4.78, 5) is 6.79. The summed E-state index contributed by atoms with van der Waals surface area (Å²) in [5, 5.41) is 6.76. The quantitative estimate of drug-likeness (QED) is 0.211. The molecule has 0 aromatic rings. The number of guanidine groups is 1. The first-order valence-electron chi connectivity index (χ1n) is 8.72. The van der Waals surface area contributed by atoms with Crippen LogP contribution in [0.3, 0.4) is 0 Å². The van der Waals surface area contributed by atoms with E-state index in [1.54, 1.807) is 7.11 Å². The normalized spacial score (nSPS) is 12.0. The predicted octanol–water partition coefficient (Wildman–Crippen LogP) is 3.10. The third kappa shape index (κ3) is 14.0. The van der Waals surface area contributed by atoms with Gasteiger partial charge in [-0.25, -0.2) is 0 Å². The van der Waals surface area contributed by atoms with E-state index in [9.17, 15) is 0 Å². The van der Waals surface area contributed by atoms with E-state index in [0.29, 0.717) is 12.1 Å². The second kappa shape index (κ2) is 16.8. The highest BCUT2D eigenvalue weighted by Crippen LogP contribution is 2.05. The molecule has 0 saturated heterocycles. The molecule has 0 bridgehead atoms. The summed E-state index contributed by atoms with van der Waals surface area (Å²) in [6, 6.07) is 1.20. The van der Waals surface area contributed by atoms with Crippen molar-refractivity contribution in [1.82, 2.24) is 15.5 Å². The van der Waals surface area contributed by atoms with Gasteiger partial charge in [0.15, 0.2) is 5.96 Å². The maximum absolute atomic E-state index is 5.05. The van der Waals surface area contributed by atoms with E-state index in [2.05, 4.69) is 48.2 Å². The monoisotopic (exact) mass is 442 g/mol. The molecule has 0 aliphatic rings. The highest BCUT2D eigenvalue weighted by Gasteiger charge is 2.12. The van der Waals surface area contributed by atoms with Gasteiger partial charge in [0, 0.05) is 52.5 Å². The van der Waals surface area contributed by atoms with E-state index in [-0.39, 0.29) is 24.0 Å². The Morgan fingerprint density at radius 3 is 2.00 bits per heavy atom. The molecular formula is C17H39IN4O. The number of aliphatic imine (C=N–C) groups is 1. The fraction of sp³-hybridized carbons (Fsp3) is 0.941. The lowest BCUT2D eigenvalue weighted by Gasteiger charge is -2.30. The van der Waals surface area contributed by atoms with E-state index in [4.69, 9.17) is 4.74 Å². The first-order chi connectivity index (χ1) is 10.5. The van der Waals surface area contributed by atoms with Crippen molar-refractivity contribution in [3.05, 3.63) is 0 Å². The molecule has 5 nitrogen and oxygen atoms in total. The van der Waals surface area contributed by atoms with Crippen molar-refractivity contribution in [3.8, 4) is 0 Å². The largest absolute Gasteiger partial charge is 0.385 e. The third-order valence-corrected chi connectivity index (χ3v) is 3.75. The molecule has 0 aromatic carbocycles. The number of hydrogen-bond donors (Lipinski definition) is 2. The number of rotatable bonds is 12. The van der Waals surface area contributed by atoms with Crippen LogP contribution in [-0.2, 0) is 4.74 Å². The average Bonchev–Trinajstić information content (AvgIpc) is 2.47. The molecule has 140 valence electrons. The predicted molar refractivity (Wildman–Crippen MR) is 112 cm³/mol. The number of nitrogens with one attached hydrogen (secondary N) is 2. The van der Waals surface area contributed by atoms with Crippen LogP contribution in [0, 0.1) is 0 Å². The number of unbranched alkanes of at least 4 members (excludes halogenated alkanes) is 2. The van der Waals surface area contributed by atoms with Crippen molar-refractivity contribution in [2.75, 3.05) is 40.4 Å². The van der Waals surface area contributed by atoms with Crippen molar-refractivity contribution in [2.24, 2.45) is 4.99 Å². The Morgan fingerprint density at radius 1 is 0.957 bits per heavy atom. The van der Waals surface area contributed by atoms with E-state index in [0.717, 1.165) is 51.5 Å². The van der Waals surface area contributed by atoms with Gasteiger partial charge in [0.05, 0.1) is 0 Å². The maximum atomic E-state index is 5.05. The van der Waals surface area contributed by atoms with Gasteiger partial charge < -0.3 is 15.4 Å². The lowest BCUT2D eigenvalue weighted by molar-refractivity contribution is 0.173. The van der Waals surface area contributed by atoms with Gasteiger partial charge in [0.2, 0.25) is 0 Å². The average molecular weight is 442 g/mol. The number of ether oxygens (including phenoxy) is 1. The molecule has 0 rings (SSSR count). The van der Waals surface area contributed by atoms with Gasteiger partial charge in [0.1, 0.15) is 0 Å². The van der Waals surface area contributed by atoms with E-state index < -0.39 is 0 Å². The summed E-state index contributed by atoms with van der Waals surface area (Å²) in [5.41, 5.74) is 0. The Labute approximate surface area is 161 Å². The highest BCUT2D eigenvalue weighted by molar-refractivity contribution is 14.0. The van der Waals surface area contributed by atoms with Gasteiger partial charge in [-0.3, -0.25) is 9.89 Å². The number of nitrogens with zero attached hydrogens (tertiary/aromatic N) is 2. The summed E-state index contributed by atoms with van der Waals surface area (Å²) in [5.74, 6) is 0.910. The lowest BCUT2D eigenvalue weighted by Crippen LogP contribution is -2.41. The molecule has 0 radical (unpaired) electrons. The second-order valence-electron chi connectivity index (χ2n) is 6.26. The van der Waals surface area contributed by atoms with Crippen molar-refractivity contribution in [2.45, 2.75) is 65.5 Å². The molecule has 0 unspecified atom stereocenters. The molecular weight excluding hydrogens is 403 g/mol. The molecule has 0 aliphatic heterocycles. The van der Waals surface area contributed by atoms with Gasteiger partial charge in [-0.15, -0.1) is 24.0 Å². The Balaban J connectivity index is 0. The molecule has 0 fully saturated rings. The molecule has 23 heavy (non-hydrogen) atoms. The van der Waals surface area contributed by atoms with E-state index in [1.807, 2.05) is 7.05 Å². The van der Waals surface area contributed by atoms with Crippen LogP contribution in [0.5, 0.6) is 0 Å². The van der Waals surface area contributed by atoms with Crippen LogP contribution >= 0.6 is 24.0 Å². The summed E-state index contributed by atoms with van der Waals surface area (Å²) in [6.45, 7) is 12.9. The van der Waals surface area contributed by atoms with Gasteiger partial charge in [0.25, 0.3) is 0 Å². The van der Waals surface area contributed by atoms with Crippen LogP contribution in [0.1, 0.15) is 53.4 Å². The molecule has 0 saturated carbocycles. The summed E-state index contributed by atoms with van der Waals surface area (Å²) in [7, 11) is 3.58. The minimum absolute atomic E-state index is 0. The lowest BCUT2D eigenvalue weighted by atomic mass is 10.2. The third-order valence-electron chi connectivity index (χ3n) is 3.75. The molecule has 0 amide bonds. The fourth-order valence-corrected chi connectivity index (χ4v) is 2.56. The van der Waals surface area contributed by atoms with Crippen LogP contribution < -0.4 is 10.6 Å². The Bertz CT molecular complexity index is 278. The zero-order valence-corrected chi connectivity index (χ0v) is 18.4. The van der Waals surface area contributed by atoms with Crippen LogP contribution in [0.4, 0.5) is 0 Å². The van der Waals surface area contributed by atoms with Crippen molar-refractivity contribution < 1.29 is 4.74 Å². The smallest absolute Gasteiger partial charge is 0.190 e. The second-order valence-corrected chi connectivity index (χ2v) is 6.26. The van der Waals surface area contributed by atoms with Gasteiger partial charge >= 0.3 is 0 Å². The maximum Gasteiger partial charge on any atom is 0.190 e. The zero-order chi connectivity index (χ0) is 16.8. The Kier molecular flexibility index (Phi) is 18.3. The summed E-state index contributed by atoms with van der Waals surface area (Å²) < 4.78 is 5.05. The van der Waals surface area contributed by atoms with E-state index >= 15 is 0 Å². The van der Waals surface area contributed by atoms with Gasteiger partial charge in [-0.05, 0) is 53.4 Å². The number of methoxy groups -OCH3 is 1. The van der Waals surface area contributed by atoms with Crippen LogP contribution in [0.15, 0.2) is 4.99 Å². The molecule has 0 aromatic heterocycles. The minimum atomic E-state index is 0.